The summed E-state index contributed by atoms with van der Waals surface area (Å²) >= 11 is 5.93. The first-order valence-electron chi connectivity index (χ1n) is 9.65. The first kappa shape index (κ1) is 21.0. The van der Waals surface area contributed by atoms with Crippen LogP contribution in [0.15, 0.2) is 54.2 Å². The van der Waals surface area contributed by atoms with Crippen molar-refractivity contribution in [3.63, 3.8) is 0 Å². The molecule has 2 aromatic rings. The molecule has 1 fully saturated rings. The predicted molar refractivity (Wildman–Crippen MR) is 112 cm³/mol. The molecule has 1 saturated heterocycles. The monoisotopic (exact) mass is 413 g/mol. The number of rotatable bonds is 7. The molecule has 1 aliphatic rings. The molecule has 152 valence electrons. The van der Waals surface area contributed by atoms with Crippen LogP contribution >= 0.6 is 11.6 Å². The molecule has 0 radical (unpaired) electrons. The molecule has 1 aliphatic heterocycles. The van der Waals surface area contributed by atoms with Gasteiger partial charge in [0.05, 0.1) is 11.3 Å². The molecule has 1 atom stereocenters. The summed E-state index contributed by atoms with van der Waals surface area (Å²) in [6.45, 7) is 6.79. The molecular formula is C22H24ClN3O3. The topological polar surface area (TPSA) is 73.7 Å². The highest BCUT2D eigenvalue weighted by molar-refractivity contribution is 6.46. The standard InChI is InChI=1S/C22H24ClN3O3/c1-3-25(4-2)13-14-26-19(17-7-5-6-12-24-17)18(21(28)22(26)29)20(27)15-8-10-16(23)11-9-15/h5-12,19,27H,3-4,13-14H2,1-2H3/b20-18+/t19-/m0/s1. The third-order valence-electron chi connectivity index (χ3n) is 5.18. The SMILES string of the molecule is CCN(CC)CCN1C(=O)C(=O)/C(=C(/O)c2ccc(Cl)cc2)[C@@H]1c1ccccn1. The maximum Gasteiger partial charge on any atom is 0.295 e. The van der Waals surface area contributed by atoms with Crippen LogP contribution in [0.25, 0.3) is 5.76 Å². The zero-order chi connectivity index (χ0) is 21.0. The minimum atomic E-state index is -0.734. The average Bonchev–Trinajstić information content (AvgIpc) is 3.00. The van der Waals surface area contributed by atoms with Crippen LogP contribution in [0.2, 0.25) is 5.02 Å². The van der Waals surface area contributed by atoms with E-state index in [4.69, 9.17) is 11.6 Å². The van der Waals surface area contributed by atoms with E-state index in [1.807, 2.05) is 13.8 Å². The van der Waals surface area contributed by atoms with E-state index in [0.717, 1.165) is 13.1 Å². The van der Waals surface area contributed by atoms with Crippen LogP contribution in [0, 0.1) is 0 Å². The van der Waals surface area contributed by atoms with E-state index in [9.17, 15) is 14.7 Å². The van der Waals surface area contributed by atoms with Crippen LogP contribution in [-0.4, -0.2) is 57.8 Å². The van der Waals surface area contributed by atoms with Crippen LogP contribution in [0.1, 0.15) is 31.1 Å². The van der Waals surface area contributed by atoms with Crippen molar-refractivity contribution in [1.29, 1.82) is 0 Å². The van der Waals surface area contributed by atoms with Crippen LogP contribution in [0.5, 0.6) is 0 Å². The lowest BCUT2D eigenvalue weighted by atomic mass is 9.98. The molecule has 3 rings (SSSR count). The van der Waals surface area contributed by atoms with Crippen molar-refractivity contribution in [1.82, 2.24) is 14.8 Å². The van der Waals surface area contributed by atoms with Gasteiger partial charge < -0.3 is 14.9 Å². The second-order valence-electron chi connectivity index (χ2n) is 6.78. The normalized spacial score (nSPS) is 18.6. The highest BCUT2D eigenvalue weighted by Gasteiger charge is 2.46. The van der Waals surface area contributed by atoms with E-state index in [-0.39, 0.29) is 11.3 Å². The van der Waals surface area contributed by atoms with Gasteiger partial charge in [0, 0.05) is 29.9 Å². The number of aliphatic hydroxyl groups excluding tert-OH is 1. The Labute approximate surface area is 175 Å². The number of hydrogen-bond acceptors (Lipinski definition) is 5. The van der Waals surface area contributed by atoms with E-state index in [2.05, 4.69) is 9.88 Å². The Morgan fingerprint density at radius 2 is 1.83 bits per heavy atom. The van der Waals surface area contributed by atoms with Crippen molar-refractivity contribution in [2.24, 2.45) is 0 Å². The van der Waals surface area contributed by atoms with Crippen LogP contribution in [-0.2, 0) is 9.59 Å². The van der Waals surface area contributed by atoms with Crippen molar-refractivity contribution in [2.75, 3.05) is 26.2 Å². The lowest BCUT2D eigenvalue weighted by molar-refractivity contribution is -0.140. The van der Waals surface area contributed by atoms with Gasteiger partial charge >= 0.3 is 0 Å². The van der Waals surface area contributed by atoms with Crippen molar-refractivity contribution < 1.29 is 14.7 Å². The van der Waals surface area contributed by atoms with Gasteiger partial charge in [0.1, 0.15) is 11.8 Å². The molecule has 1 aromatic carbocycles. The Bertz CT molecular complexity index is 909. The Morgan fingerprint density at radius 1 is 1.14 bits per heavy atom. The van der Waals surface area contributed by atoms with Gasteiger partial charge in [0.25, 0.3) is 11.7 Å². The summed E-state index contributed by atoms with van der Waals surface area (Å²) in [6.07, 6.45) is 1.61. The molecule has 29 heavy (non-hydrogen) atoms. The number of likely N-dealkylation sites (tertiary alicyclic amines) is 1. The molecule has 1 amide bonds. The Hall–Kier alpha value is -2.70. The summed E-state index contributed by atoms with van der Waals surface area (Å²) in [7, 11) is 0. The van der Waals surface area contributed by atoms with Gasteiger partial charge in [0.2, 0.25) is 0 Å². The number of halogens is 1. The molecule has 0 saturated carbocycles. The number of benzene rings is 1. The number of hydrogen-bond donors (Lipinski definition) is 1. The van der Waals surface area contributed by atoms with E-state index >= 15 is 0 Å². The number of nitrogens with zero attached hydrogens (tertiary/aromatic N) is 3. The first-order valence-corrected chi connectivity index (χ1v) is 10.0. The number of amides is 1. The molecule has 0 unspecified atom stereocenters. The summed E-state index contributed by atoms with van der Waals surface area (Å²) < 4.78 is 0. The maximum atomic E-state index is 12.9. The molecule has 6 nitrogen and oxygen atoms in total. The van der Waals surface area contributed by atoms with Crippen molar-refractivity contribution in [3.8, 4) is 0 Å². The quantitative estimate of drug-likeness (QED) is 0.427. The number of carbonyl (C=O) groups is 2. The summed E-state index contributed by atoms with van der Waals surface area (Å²) in [5.74, 6) is -1.54. The van der Waals surface area contributed by atoms with Crippen molar-refractivity contribution in [2.45, 2.75) is 19.9 Å². The lowest BCUT2D eigenvalue weighted by Gasteiger charge is -2.27. The molecule has 1 aromatic heterocycles. The van der Waals surface area contributed by atoms with E-state index in [1.54, 1.807) is 48.7 Å². The van der Waals surface area contributed by atoms with E-state index < -0.39 is 17.7 Å². The minimum Gasteiger partial charge on any atom is -0.507 e. The number of aliphatic hydroxyl groups is 1. The highest BCUT2D eigenvalue weighted by atomic mass is 35.5. The molecular weight excluding hydrogens is 390 g/mol. The number of Topliss-reactive ketones (excluding diaryl/α,β-unsaturated/α-hetero) is 1. The minimum absolute atomic E-state index is 0.0515. The molecule has 1 N–H and O–H groups in total. The van der Waals surface area contributed by atoms with Crippen LogP contribution in [0.3, 0.4) is 0 Å². The fourth-order valence-corrected chi connectivity index (χ4v) is 3.63. The Morgan fingerprint density at radius 3 is 2.41 bits per heavy atom. The van der Waals surface area contributed by atoms with Crippen molar-refractivity contribution >= 4 is 29.1 Å². The van der Waals surface area contributed by atoms with Crippen LogP contribution in [0.4, 0.5) is 0 Å². The number of ketones is 1. The Balaban J connectivity index is 2.06. The fourth-order valence-electron chi connectivity index (χ4n) is 3.51. The maximum absolute atomic E-state index is 12.9. The smallest absolute Gasteiger partial charge is 0.295 e. The Kier molecular flexibility index (Phi) is 6.67. The van der Waals surface area contributed by atoms with Crippen LogP contribution < -0.4 is 0 Å². The second kappa shape index (κ2) is 9.20. The summed E-state index contributed by atoms with van der Waals surface area (Å²) in [5, 5.41) is 11.4. The van der Waals surface area contributed by atoms with Gasteiger partial charge in [-0.3, -0.25) is 14.6 Å². The zero-order valence-electron chi connectivity index (χ0n) is 16.5. The predicted octanol–water partition coefficient (Wildman–Crippen LogP) is 3.50. The lowest BCUT2D eigenvalue weighted by Crippen LogP contribution is -2.38. The van der Waals surface area contributed by atoms with Crippen molar-refractivity contribution in [3.05, 3.63) is 70.5 Å². The molecule has 0 spiro atoms. The number of aromatic nitrogens is 1. The van der Waals surface area contributed by atoms with Gasteiger partial charge in [-0.05, 0) is 49.5 Å². The van der Waals surface area contributed by atoms with Gasteiger partial charge in [-0.15, -0.1) is 0 Å². The van der Waals surface area contributed by atoms with E-state index in [0.29, 0.717) is 29.4 Å². The summed E-state index contributed by atoms with van der Waals surface area (Å²) in [5.41, 5.74) is 1.02. The second-order valence-corrected chi connectivity index (χ2v) is 7.22. The first-order chi connectivity index (χ1) is 14.0. The molecule has 2 heterocycles. The number of carbonyl (C=O) groups excluding carboxylic acids is 2. The van der Waals surface area contributed by atoms with Gasteiger partial charge in [0.15, 0.2) is 0 Å². The average molecular weight is 414 g/mol. The molecule has 0 bridgehead atoms. The fraction of sp³-hybridized carbons (Fsp3) is 0.318. The number of likely N-dealkylation sites (N-methyl/N-ethyl adjacent to an activating group) is 1. The molecule has 7 heteroatoms. The zero-order valence-corrected chi connectivity index (χ0v) is 17.3. The molecule has 0 aliphatic carbocycles. The highest BCUT2D eigenvalue weighted by Crippen LogP contribution is 2.38. The summed E-state index contributed by atoms with van der Waals surface area (Å²) in [4.78, 5) is 33.8. The van der Waals surface area contributed by atoms with Gasteiger partial charge in [-0.2, -0.15) is 0 Å². The summed E-state index contributed by atoms with van der Waals surface area (Å²) in [6, 6.07) is 11.1. The van der Waals surface area contributed by atoms with E-state index in [1.165, 1.54) is 4.90 Å². The third-order valence-corrected chi connectivity index (χ3v) is 5.43. The third kappa shape index (κ3) is 4.33. The van der Waals surface area contributed by atoms with Gasteiger partial charge in [-0.1, -0.05) is 31.5 Å². The largest absolute Gasteiger partial charge is 0.507 e. The number of pyridine rings is 1. The van der Waals surface area contributed by atoms with Gasteiger partial charge in [-0.25, -0.2) is 0 Å².